The molecule has 1 saturated heterocycles. The fraction of sp³-hybridized carbons (Fsp3) is 0.444. The summed E-state index contributed by atoms with van der Waals surface area (Å²) < 4.78 is 0. The maximum atomic E-state index is 10.7. The third-order valence-corrected chi connectivity index (χ3v) is 2.36. The Bertz CT molecular complexity index is 383. The quantitative estimate of drug-likeness (QED) is 0.698. The largest absolute Gasteiger partial charge is 0.477 e. The first kappa shape index (κ1) is 9.85. The second-order valence-electron chi connectivity index (χ2n) is 3.46. The Labute approximate surface area is 86.2 Å². The van der Waals surface area contributed by atoms with E-state index in [0.29, 0.717) is 25.3 Å². The molecule has 6 heteroatoms. The zero-order valence-electron chi connectivity index (χ0n) is 8.00. The van der Waals surface area contributed by atoms with Crippen LogP contribution in [0, 0.1) is 0 Å². The molecule has 0 bridgehead atoms. The van der Waals surface area contributed by atoms with Crippen molar-refractivity contribution in [3.05, 3.63) is 18.1 Å². The minimum atomic E-state index is -1.07. The summed E-state index contributed by atoms with van der Waals surface area (Å²) in [7, 11) is 0. The molecule has 1 atom stereocenters. The van der Waals surface area contributed by atoms with Crippen LogP contribution in [0.5, 0.6) is 0 Å². The van der Waals surface area contributed by atoms with Gasteiger partial charge in [-0.25, -0.2) is 14.8 Å². The summed E-state index contributed by atoms with van der Waals surface area (Å²) >= 11 is 0. The van der Waals surface area contributed by atoms with Gasteiger partial charge in [0.05, 0.1) is 6.10 Å². The lowest BCUT2D eigenvalue weighted by atomic mass is 10.3. The van der Waals surface area contributed by atoms with E-state index in [1.807, 2.05) is 4.90 Å². The Morgan fingerprint density at radius 2 is 2.33 bits per heavy atom. The molecule has 0 amide bonds. The number of aliphatic hydroxyl groups excluding tert-OH is 1. The van der Waals surface area contributed by atoms with E-state index < -0.39 is 5.97 Å². The molecule has 1 fully saturated rings. The van der Waals surface area contributed by atoms with Gasteiger partial charge in [-0.3, -0.25) is 0 Å². The highest BCUT2D eigenvalue weighted by atomic mass is 16.4. The molecular formula is C9H11N3O3. The number of nitrogens with zero attached hydrogens (tertiary/aromatic N) is 3. The van der Waals surface area contributed by atoms with Gasteiger partial charge in [0, 0.05) is 19.2 Å². The summed E-state index contributed by atoms with van der Waals surface area (Å²) in [5.74, 6) is -0.516. The molecule has 2 rings (SSSR count). The summed E-state index contributed by atoms with van der Waals surface area (Å²) in [6.45, 7) is 1.19. The van der Waals surface area contributed by atoms with Gasteiger partial charge in [0.15, 0.2) is 5.69 Å². The summed E-state index contributed by atoms with van der Waals surface area (Å²) in [5, 5.41) is 18.1. The van der Waals surface area contributed by atoms with Crippen LogP contribution < -0.4 is 4.90 Å². The fourth-order valence-electron chi connectivity index (χ4n) is 1.59. The molecule has 1 aromatic rings. The highest BCUT2D eigenvalue weighted by molar-refractivity contribution is 5.86. The second kappa shape index (κ2) is 3.82. The van der Waals surface area contributed by atoms with E-state index in [9.17, 15) is 9.90 Å². The van der Waals surface area contributed by atoms with Crippen molar-refractivity contribution < 1.29 is 15.0 Å². The molecule has 15 heavy (non-hydrogen) atoms. The average molecular weight is 209 g/mol. The van der Waals surface area contributed by atoms with Crippen LogP contribution >= 0.6 is 0 Å². The van der Waals surface area contributed by atoms with Crippen LogP contribution in [0.15, 0.2) is 12.4 Å². The summed E-state index contributed by atoms with van der Waals surface area (Å²) in [4.78, 5) is 20.1. The number of anilines is 1. The number of aromatic nitrogens is 2. The normalized spacial score (nSPS) is 20.6. The highest BCUT2D eigenvalue weighted by Gasteiger charge is 2.22. The molecule has 1 aliphatic heterocycles. The topological polar surface area (TPSA) is 86.5 Å². The molecule has 0 saturated carbocycles. The molecule has 2 N–H and O–H groups in total. The van der Waals surface area contributed by atoms with Gasteiger partial charge in [0.25, 0.3) is 0 Å². The lowest BCUT2D eigenvalue weighted by Gasteiger charge is -2.15. The Balaban J connectivity index is 2.21. The standard InChI is InChI=1S/C9H11N3O3/c13-6-1-2-12(4-6)8-3-7(9(14)15)10-5-11-8/h3,5-6,13H,1-2,4H2,(H,14,15). The van der Waals surface area contributed by atoms with Crippen molar-refractivity contribution in [1.82, 2.24) is 9.97 Å². The van der Waals surface area contributed by atoms with Crippen LogP contribution in [-0.2, 0) is 0 Å². The average Bonchev–Trinajstić information content (AvgIpc) is 2.65. The number of rotatable bonds is 2. The maximum Gasteiger partial charge on any atom is 0.354 e. The van der Waals surface area contributed by atoms with Crippen molar-refractivity contribution >= 4 is 11.8 Å². The molecule has 0 radical (unpaired) electrons. The molecule has 0 aliphatic carbocycles. The number of hydrogen-bond donors (Lipinski definition) is 2. The minimum absolute atomic E-state index is 0.0265. The van der Waals surface area contributed by atoms with E-state index >= 15 is 0 Å². The van der Waals surface area contributed by atoms with Gasteiger partial charge in [-0.2, -0.15) is 0 Å². The number of carboxylic acids is 1. The summed E-state index contributed by atoms with van der Waals surface area (Å²) in [5.41, 5.74) is -0.0265. The molecule has 2 heterocycles. The smallest absolute Gasteiger partial charge is 0.354 e. The Kier molecular flexibility index (Phi) is 2.51. The van der Waals surface area contributed by atoms with E-state index in [0.717, 1.165) is 0 Å². The molecule has 0 aromatic carbocycles. The second-order valence-corrected chi connectivity index (χ2v) is 3.46. The maximum absolute atomic E-state index is 10.7. The van der Waals surface area contributed by atoms with Gasteiger partial charge in [-0.1, -0.05) is 0 Å². The zero-order valence-corrected chi connectivity index (χ0v) is 8.00. The van der Waals surface area contributed by atoms with Crippen LogP contribution in [0.1, 0.15) is 16.9 Å². The van der Waals surface area contributed by atoms with Crippen LogP contribution in [0.4, 0.5) is 5.82 Å². The highest BCUT2D eigenvalue weighted by Crippen LogP contribution is 2.17. The van der Waals surface area contributed by atoms with Crippen molar-refractivity contribution in [3.63, 3.8) is 0 Å². The van der Waals surface area contributed by atoms with Gasteiger partial charge in [-0.05, 0) is 6.42 Å². The van der Waals surface area contributed by atoms with Crippen LogP contribution in [0.3, 0.4) is 0 Å². The molecule has 1 aromatic heterocycles. The number of aromatic carboxylic acids is 1. The number of carboxylic acid groups (broad SMARTS) is 1. The van der Waals surface area contributed by atoms with Crippen LogP contribution in [0.2, 0.25) is 0 Å². The van der Waals surface area contributed by atoms with Crippen molar-refractivity contribution in [2.75, 3.05) is 18.0 Å². The Morgan fingerprint density at radius 3 is 2.93 bits per heavy atom. The number of carbonyl (C=O) groups is 1. The predicted molar refractivity (Wildman–Crippen MR) is 51.8 cm³/mol. The zero-order chi connectivity index (χ0) is 10.8. The Hall–Kier alpha value is -1.69. The van der Waals surface area contributed by atoms with E-state index in [2.05, 4.69) is 9.97 Å². The molecule has 6 nitrogen and oxygen atoms in total. The summed E-state index contributed by atoms with van der Waals surface area (Å²) in [6.07, 6.45) is 1.56. The van der Waals surface area contributed by atoms with Gasteiger partial charge >= 0.3 is 5.97 Å². The van der Waals surface area contributed by atoms with Crippen LogP contribution in [-0.4, -0.2) is 45.3 Å². The molecule has 0 spiro atoms. The first-order chi connectivity index (χ1) is 7.16. The predicted octanol–water partition coefficient (Wildman–Crippen LogP) is -0.254. The van der Waals surface area contributed by atoms with Gasteiger partial charge in [0.1, 0.15) is 12.1 Å². The third kappa shape index (κ3) is 2.04. The van der Waals surface area contributed by atoms with Crippen LogP contribution in [0.25, 0.3) is 0 Å². The molecule has 80 valence electrons. The molecular weight excluding hydrogens is 198 g/mol. The lowest BCUT2D eigenvalue weighted by Crippen LogP contribution is -2.22. The first-order valence-electron chi connectivity index (χ1n) is 4.65. The number of β-amino-alcohol motifs (C(OH)–C–C–N with tert-alkyl or cyclic N) is 1. The SMILES string of the molecule is O=C(O)c1cc(N2CCC(O)C2)ncn1. The molecule has 1 unspecified atom stereocenters. The number of hydrogen-bond acceptors (Lipinski definition) is 5. The van der Waals surface area contributed by atoms with Gasteiger partial charge < -0.3 is 15.1 Å². The number of aliphatic hydroxyl groups is 1. The van der Waals surface area contributed by atoms with Crippen molar-refractivity contribution in [2.24, 2.45) is 0 Å². The van der Waals surface area contributed by atoms with E-state index in [1.165, 1.54) is 12.4 Å². The fourth-order valence-corrected chi connectivity index (χ4v) is 1.59. The van der Waals surface area contributed by atoms with E-state index in [-0.39, 0.29) is 11.8 Å². The minimum Gasteiger partial charge on any atom is -0.477 e. The Morgan fingerprint density at radius 1 is 1.53 bits per heavy atom. The third-order valence-electron chi connectivity index (χ3n) is 2.36. The van der Waals surface area contributed by atoms with E-state index in [4.69, 9.17) is 5.11 Å². The van der Waals surface area contributed by atoms with Crippen molar-refractivity contribution in [2.45, 2.75) is 12.5 Å². The van der Waals surface area contributed by atoms with Gasteiger partial charge in [-0.15, -0.1) is 0 Å². The lowest BCUT2D eigenvalue weighted by molar-refractivity contribution is 0.0690. The monoisotopic (exact) mass is 209 g/mol. The van der Waals surface area contributed by atoms with Crippen molar-refractivity contribution in [1.29, 1.82) is 0 Å². The molecule has 1 aliphatic rings. The van der Waals surface area contributed by atoms with E-state index in [1.54, 1.807) is 0 Å². The van der Waals surface area contributed by atoms with Crippen molar-refractivity contribution in [3.8, 4) is 0 Å². The van der Waals surface area contributed by atoms with Gasteiger partial charge in [0.2, 0.25) is 0 Å². The first-order valence-corrected chi connectivity index (χ1v) is 4.65. The summed E-state index contributed by atoms with van der Waals surface area (Å²) in [6, 6.07) is 1.42.